The molecule has 0 atom stereocenters. The zero-order chi connectivity index (χ0) is 21.6. The van der Waals surface area contributed by atoms with Crippen molar-refractivity contribution in [3.05, 3.63) is 28.7 Å². The molecule has 1 aromatic heterocycles. The Balaban J connectivity index is 1.22. The fourth-order valence-corrected chi connectivity index (χ4v) is 6.28. The standard InChI is InChI=1S/C21H32N6O3S/c1-31(29,30)26-9-6-25(7-10-26)8-11-27-19-12-16(2-3-18(19)24-20(27)28)23-17-13-21(14-17)4-5-22-15-21/h2-3,12,17,22-23H,4-11,13-15H2,1H3,(H,24,28). The van der Waals surface area contributed by atoms with Crippen LogP contribution in [-0.2, 0) is 16.6 Å². The molecule has 3 fully saturated rings. The average Bonchev–Trinajstić information content (AvgIpc) is 3.30. The van der Waals surface area contributed by atoms with Gasteiger partial charge in [0.1, 0.15) is 0 Å². The minimum atomic E-state index is -3.13. The third kappa shape index (κ3) is 4.26. The number of nitrogens with one attached hydrogen (secondary N) is 3. The smallest absolute Gasteiger partial charge is 0.326 e. The first-order valence-corrected chi connectivity index (χ1v) is 13.0. The highest BCUT2D eigenvalue weighted by atomic mass is 32.2. The van der Waals surface area contributed by atoms with Gasteiger partial charge in [-0.25, -0.2) is 13.2 Å². The molecular weight excluding hydrogens is 416 g/mol. The predicted octanol–water partition coefficient (Wildman–Crippen LogP) is 0.461. The molecular formula is C21H32N6O3S. The van der Waals surface area contributed by atoms with Gasteiger partial charge in [0.25, 0.3) is 0 Å². The largest absolute Gasteiger partial charge is 0.382 e. The first-order chi connectivity index (χ1) is 14.8. The van der Waals surface area contributed by atoms with Gasteiger partial charge in [-0.05, 0) is 49.4 Å². The summed E-state index contributed by atoms with van der Waals surface area (Å²) in [5.74, 6) is 0. The van der Waals surface area contributed by atoms with Gasteiger partial charge in [0.2, 0.25) is 10.0 Å². The SMILES string of the molecule is CS(=O)(=O)N1CCN(CCn2c(=O)[nH]c3ccc(NC4CC5(CCNC5)C4)cc32)CC1. The second-order valence-corrected chi connectivity index (χ2v) is 11.5. The van der Waals surface area contributed by atoms with Crippen molar-refractivity contribution in [3.63, 3.8) is 0 Å². The van der Waals surface area contributed by atoms with Gasteiger partial charge in [0.15, 0.2) is 0 Å². The Morgan fingerprint density at radius 3 is 2.61 bits per heavy atom. The molecule has 1 spiro atoms. The van der Waals surface area contributed by atoms with Gasteiger partial charge in [-0.2, -0.15) is 4.31 Å². The van der Waals surface area contributed by atoms with E-state index >= 15 is 0 Å². The van der Waals surface area contributed by atoms with E-state index in [-0.39, 0.29) is 5.69 Å². The van der Waals surface area contributed by atoms with Crippen LogP contribution in [0.15, 0.2) is 23.0 Å². The number of hydrogen-bond donors (Lipinski definition) is 3. The Bertz CT molecular complexity index is 1100. The van der Waals surface area contributed by atoms with Crippen molar-refractivity contribution in [3.8, 4) is 0 Å². The van der Waals surface area contributed by atoms with Crippen molar-refractivity contribution in [2.24, 2.45) is 5.41 Å². The molecule has 0 radical (unpaired) electrons. The molecule has 170 valence electrons. The Kier molecular flexibility index (Phi) is 5.36. The molecule has 1 saturated carbocycles. The Morgan fingerprint density at radius 1 is 1.16 bits per heavy atom. The third-order valence-electron chi connectivity index (χ3n) is 7.28. The van der Waals surface area contributed by atoms with Crippen molar-refractivity contribution in [1.29, 1.82) is 0 Å². The molecule has 10 heteroatoms. The molecule has 0 bridgehead atoms. The second-order valence-electron chi connectivity index (χ2n) is 9.49. The molecule has 3 N–H and O–H groups in total. The highest BCUT2D eigenvalue weighted by molar-refractivity contribution is 7.88. The fraction of sp³-hybridized carbons (Fsp3) is 0.667. The summed E-state index contributed by atoms with van der Waals surface area (Å²) in [5.41, 5.74) is 3.23. The molecule has 1 aliphatic carbocycles. The number of H-pyrrole nitrogens is 1. The van der Waals surface area contributed by atoms with Gasteiger partial charge >= 0.3 is 5.69 Å². The maximum atomic E-state index is 12.5. The van der Waals surface area contributed by atoms with E-state index in [2.05, 4.69) is 26.6 Å². The summed E-state index contributed by atoms with van der Waals surface area (Å²) in [5, 5.41) is 7.13. The van der Waals surface area contributed by atoms with E-state index in [1.807, 2.05) is 12.1 Å². The average molecular weight is 449 g/mol. The zero-order valence-corrected chi connectivity index (χ0v) is 18.9. The van der Waals surface area contributed by atoms with E-state index in [4.69, 9.17) is 0 Å². The van der Waals surface area contributed by atoms with Crippen molar-refractivity contribution in [2.75, 3.05) is 57.4 Å². The maximum Gasteiger partial charge on any atom is 0.326 e. The van der Waals surface area contributed by atoms with Gasteiger partial charge in [0, 0.05) is 57.5 Å². The number of benzene rings is 1. The van der Waals surface area contributed by atoms with Gasteiger partial charge in [-0.3, -0.25) is 9.47 Å². The van der Waals surface area contributed by atoms with Crippen LogP contribution in [0.5, 0.6) is 0 Å². The van der Waals surface area contributed by atoms with Gasteiger partial charge in [-0.1, -0.05) is 0 Å². The Morgan fingerprint density at radius 2 is 1.94 bits per heavy atom. The van der Waals surface area contributed by atoms with Crippen molar-refractivity contribution in [2.45, 2.75) is 31.8 Å². The van der Waals surface area contributed by atoms with Crippen LogP contribution < -0.4 is 16.3 Å². The minimum Gasteiger partial charge on any atom is -0.382 e. The van der Waals surface area contributed by atoms with E-state index in [1.54, 1.807) is 4.57 Å². The number of imidazole rings is 1. The lowest BCUT2D eigenvalue weighted by Gasteiger charge is -2.45. The van der Waals surface area contributed by atoms with Crippen molar-refractivity contribution in [1.82, 2.24) is 24.1 Å². The number of anilines is 1. The molecule has 5 rings (SSSR count). The van der Waals surface area contributed by atoms with E-state index < -0.39 is 10.0 Å². The van der Waals surface area contributed by atoms with E-state index in [1.165, 1.54) is 29.8 Å². The van der Waals surface area contributed by atoms with Crippen LogP contribution >= 0.6 is 0 Å². The monoisotopic (exact) mass is 448 g/mol. The molecule has 9 nitrogen and oxygen atoms in total. The summed E-state index contributed by atoms with van der Waals surface area (Å²) in [6.07, 6.45) is 4.95. The van der Waals surface area contributed by atoms with Crippen LogP contribution in [-0.4, -0.2) is 85.3 Å². The second kappa shape index (κ2) is 7.91. The van der Waals surface area contributed by atoms with E-state index in [0.29, 0.717) is 44.2 Å². The number of hydrogen-bond acceptors (Lipinski definition) is 6. The van der Waals surface area contributed by atoms with Crippen LogP contribution in [0.2, 0.25) is 0 Å². The number of fused-ring (bicyclic) bond motifs is 1. The number of aromatic nitrogens is 2. The predicted molar refractivity (Wildman–Crippen MR) is 122 cm³/mol. The van der Waals surface area contributed by atoms with E-state index in [0.717, 1.165) is 36.4 Å². The number of nitrogens with zero attached hydrogens (tertiary/aromatic N) is 3. The van der Waals surface area contributed by atoms with Gasteiger partial charge < -0.3 is 15.6 Å². The lowest BCUT2D eigenvalue weighted by Crippen LogP contribution is -2.49. The molecule has 0 unspecified atom stereocenters. The molecule has 1 aromatic carbocycles. The lowest BCUT2D eigenvalue weighted by molar-refractivity contribution is 0.142. The number of aromatic amines is 1. The molecule has 2 aliphatic heterocycles. The highest BCUT2D eigenvalue weighted by Crippen LogP contribution is 2.46. The van der Waals surface area contributed by atoms with Crippen LogP contribution in [0.1, 0.15) is 19.3 Å². The minimum absolute atomic E-state index is 0.0958. The van der Waals surface area contributed by atoms with Crippen LogP contribution in [0.3, 0.4) is 0 Å². The van der Waals surface area contributed by atoms with Crippen LogP contribution in [0.25, 0.3) is 11.0 Å². The lowest BCUT2D eigenvalue weighted by atomic mass is 9.65. The first kappa shape index (κ1) is 21.0. The molecule has 2 aromatic rings. The Labute approximate surface area is 182 Å². The van der Waals surface area contributed by atoms with Crippen molar-refractivity contribution >= 4 is 26.7 Å². The zero-order valence-electron chi connectivity index (χ0n) is 18.1. The van der Waals surface area contributed by atoms with Gasteiger partial charge in [-0.15, -0.1) is 0 Å². The molecule has 2 saturated heterocycles. The fourth-order valence-electron chi connectivity index (χ4n) is 5.46. The molecule has 3 heterocycles. The van der Waals surface area contributed by atoms with E-state index in [9.17, 15) is 13.2 Å². The molecule has 0 amide bonds. The number of piperazine rings is 1. The molecule has 3 aliphatic rings. The quantitative estimate of drug-likeness (QED) is 0.594. The third-order valence-corrected chi connectivity index (χ3v) is 8.58. The Hall–Kier alpha value is -1.88. The topological polar surface area (TPSA) is 102 Å². The van der Waals surface area contributed by atoms with Gasteiger partial charge in [0.05, 0.1) is 17.3 Å². The normalized spacial score (nSPS) is 27.7. The number of rotatable bonds is 6. The summed E-state index contributed by atoms with van der Waals surface area (Å²) < 4.78 is 26.7. The first-order valence-electron chi connectivity index (χ1n) is 11.2. The summed E-state index contributed by atoms with van der Waals surface area (Å²) in [6, 6.07) is 6.60. The summed E-state index contributed by atoms with van der Waals surface area (Å²) in [7, 11) is -3.13. The molecule has 31 heavy (non-hydrogen) atoms. The highest BCUT2D eigenvalue weighted by Gasteiger charge is 2.45. The van der Waals surface area contributed by atoms with Crippen molar-refractivity contribution < 1.29 is 8.42 Å². The summed E-state index contributed by atoms with van der Waals surface area (Å²) in [6.45, 7) is 5.98. The summed E-state index contributed by atoms with van der Waals surface area (Å²) in [4.78, 5) is 17.7. The van der Waals surface area contributed by atoms with Crippen LogP contribution in [0, 0.1) is 5.41 Å². The maximum absolute atomic E-state index is 12.5. The summed E-state index contributed by atoms with van der Waals surface area (Å²) >= 11 is 0. The van der Waals surface area contributed by atoms with Crippen LogP contribution in [0.4, 0.5) is 5.69 Å². The number of sulfonamides is 1.